The van der Waals surface area contributed by atoms with Gasteiger partial charge in [0.2, 0.25) is 0 Å². The van der Waals surface area contributed by atoms with E-state index in [0.717, 1.165) is 11.0 Å². The van der Waals surface area contributed by atoms with Gasteiger partial charge in [-0.25, -0.2) is 4.57 Å². The molecule has 0 aliphatic heterocycles. The molecule has 0 bridgehead atoms. The maximum atomic E-state index is 3.43. The lowest BCUT2D eigenvalue weighted by atomic mass is 10.1. The van der Waals surface area contributed by atoms with Gasteiger partial charge in [-0.05, 0) is 30.2 Å². The number of aromatic nitrogens is 1. The van der Waals surface area contributed by atoms with Gasteiger partial charge >= 0.3 is 0 Å². The van der Waals surface area contributed by atoms with Crippen LogP contribution in [0.5, 0.6) is 0 Å². The fraction of sp³-hybridized carbons (Fsp3) is 0.133. The van der Waals surface area contributed by atoms with Crippen molar-refractivity contribution in [3.63, 3.8) is 0 Å². The standard InChI is InChI=1S/C15H15BrN/c1-2-17-11-9-14(10-12-17)4-3-13-5-7-15(16)8-6-13/h3-12H,2H2,1H3/q+1/b4-3+. The van der Waals surface area contributed by atoms with Crippen molar-refractivity contribution in [2.75, 3.05) is 0 Å². The van der Waals surface area contributed by atoms with Crippen molar-refractivity contribution < 1.29 is 4.57 Å². The summed E-state index contributed by atoms with van der Waals surface area (Å²) in [6.45, 7) is 3.15. The summed E-state index contributed by atoms with van der Waals surface area (Å²) in [6.07, 6.45) is 8.45. The first-order valence-electron chi connectivity index (χ1n) is 5.70. The van der Waals surface area contributed by atoms with Gasteiger partial charge in [-0.15, -0.1) is 0 Å². The van der Waals surface area contributed by atoms with Crippen LogP contribution in [0.2, 0.25) is 0 Å². The van der Waals surface area contributed by atoms with E-state index in [1.54, 1.807) is 0 Å². The van der Waals surface area contributed by atoms with Gasteiger partial charge in [0.05, 0.1) is 0 Å². The van der Waals surface area contributed by atoms with E-state index in [4.69, 9.17) is 0 Å². The molecule has 17 heavy (non-hydrogen) atoms. The molecule has 0 unspecified atom stereocenters. The van der Waals surface area contributed by atoms with Gasteiger partial charge < -0.3 is 0 Å². The van der Waals surface area contributed by atoms with Crippen molar-refractivity contribution in [3.05, 3.63) is 64.4 Å². The molecule has 1 aromatic carbocycles. The summed E-state index contributed by atoms with van der Waals surface area (Å²) in [7, 11) is 0. The highest BCUT2D eigenvalue weighted by molar-refractivity contribution is 9.10. The molecule has 2 heteroatoms. The Labute approximate surface area is 111 Å². The SMILES string of the molecule is CC[n+]1ccc(/C=C/c2ccc(Br)cc2)cc1. The van der Waals surface area contributed by atoms with E-state index < -0.39 is 0 Å². The second-order valence-corrected chi connectivity index (χ2v) is 4.76. The molecular weight excluding hydrogens is 274 g/mol. The number of rotatable bonds is 3. The lowest BCUT2D eigenvalue weighted by Gasteiger charge is -1.95. The minimum atomic E-state index is 1.01. The first-order valence-corrected chi connectivity index (χ1v) is 6.50. The van der Waals surface area contributed by atoms with Crippen molar-refractivity contribution in [2.24, 2.45) is 0 Å². The van der Waals surface area contributed by atoms with Crippen molar-refractivity contribution in [2.45, 2.75) is 13.5 Å². The van der Waals surface area contributed by atoms with Crippen molar-refractivity contribution in [3.8, 4) is 0 Å². The highest BCUT2D eigenvalue weighted by Crippen LogP contribution is 2.12. The Bertz CT molecular complexity index is 497. The van der Waals surface area contributed by atoms with Crippen LogP contribution in [-0.4, -0.2) is 0 Å². The molecule has 0 aliphatic carbocycles. The first kappa shape index (κ1) is 12.1. The van der Waals surface area contributed by atoms with E-state index in [1.165, 1.54) is 11.1 Å². The second kappa shape index (κ2) is 5.78. The molecule has 1 heterocycles. The zero-order valence-electron chi connectivity index (χ0n) is 9.81. The molecule has 0 N–H and O–H groups in total. The Morgan fingerprint density at radius 1 is 0.941 bits per heavy atom. The molecule has 0 saturated heterocycles. The summed E-state index contributed by atoms with van der Waals surface area (Å²) < 4.78 is 3.26. The van der Waals surface area contributed by atoms with E-state index in [1.807, 2.05) is 0 Å². The fourth-order valence-corrected chi connectivity index (χ4v) is 1.82. The predicted octanol–water partition coefficient (Wildman–Crippen LogP) is 3.93. The molecular formula is C15H15BrN+. The zero-order chi connectivity index (χ0) is 12.1. The largest absolute Gasteiger partial charge is 0.205 e. The third-order valence-electron chi connectivity index (χ3n) is 2.62. The smallest absolute Gasteiger partial charge is 0.169 e. The highest BCUT2D eigenvalue weighted by Gasteiger charge is 1.94. The Kier molecular flexibility index (Phi) is 4.10. The van der Waals surface area contributed by atoms with Gasteiger partial charge in [-0.1, -0.05) is 40.2 Å². The van der Waals surface area contributed by atoms with Gasteiger partial charge in [-0.2, -0.15) is 0 Å². The number of halogens is 1. The summed E-state index contributed by atoms with van der Waals surface area (Å²) in [5, 5.41) is 0. The van der Waals surface area contributed by atoms with Crippen LogP contribution in [-0.2, 0) is 6.54 Å². The minimum Gasteiger partial charge on any atom is -0.205 e. The first-order chi connectivity index (χ1) is 8.28. The monoisotopic (exact) mass is 288 g/mol. The third kappa shape index (κ3) is 3.53. The van der Waals surface area contributed by atoms with Crippen molar-refractivity contribution >= 4 is 28.1 Å². The Hall–Kier alpha value is -1.41. The fourth-order valence-electron chi connectivity index (χ4n) is 1.56. The molecule has 1 aromatic heterocycles. The summed E-state index contributed by atoms with van der Waals surface area (Å²) in [5.74, 6) is 0. The maximum Gasteiger partial charge on any atom is 0.169 e. The maximum absolute atomic E-state index is 3.43. The summed E-state index contributed by atoms with van der Waals surface area (Å²) in [4.78, 5) is 0. The van der Waals surface area contributed by atoms with Gasteiger partial charge in [-0.3, -0.25) is 0 Å². The van der Waals surface area contributed by atoms with E-state index >= 15 is 0 Å². The van der Waals surface area contributed by atoms with Crippen LogP contribution in [0.3, 0.4) is 0 Å². The van der Waals surface area contributed by atoms with Gasteiger partial charge in [0, 0.05) is 16.6 Å². The van der Waals surface area contributed by atoms with Crippen LogP contribution in [0.1, 0.15) is 18.1 Å². The number of hydrogen-bond acceptors (Lipinski definition) is 0. The highest BCUT2D eigenvalue weighted by atomic mass is 79.9. The average Bonchev–Trinajstić information content (AvgIpc) is 2.39. The summed E-state index contributed by atoms with van der Waals surface area (Å²) >= 11 is 3.43. The number of benzene rings is 1. The number of hydrogen-bond donors (Lipinski definition) is 0. The molecule has 0 saturated carbocycles. The lowest BCUT2D eigenvalue weighted by molar-refractivity contribution is -0.693. The van der Waals surface area contributed by atoms with Crippen LogP contribution in [0.4, 0.5) is 0 Å². The van der Waals surface area contributed by atoms with E-state index in [0.29, 0.717) is 0 Å². The molecule has 0 fully saturated rings. The Balaban J connectivity index is 2.11. The molecule has 0 amide bonds. The Morgan fingerprint density at radius 3 is 2.00 bits per heavy atom. The van der Waals surface area contributed by atoms with Crippen LogP contribution in [0.15, 0.2) is 53.3 Å². The second-order valence-electron chi connectivity index (χ2n) is 3.85. The van der Waals surface area contributed by atoms with E-state index in [-0.39, 0.29) is 0 Å². The molecule has 0 aliphatic rings. The van der Waals surface area contributed by atoms with Crippen LogP contribution in [0.25, 0.3) is 12.2 Å². The Morgan fingerprint density at radius 2 is 1.47 bits per heavy atom. The van der Waals surface area contributed by atoms with Gasteiger partial charge in [0.1, 0.15) is 6.54 Å². The van der Waals surface area contributed by atoms with Crippen LogP contribution >= 0.6 is 15.9 Å². The van der Waals surface area contributed by atoms with Gasteiger partial charge in [0.25, 0.3) is 0 Å². The molecule has 86 valence electrons. The minimum absolute atomic E-state index is 1.01. The summed E-state index contributed by atoms with van der Waals surface area (Å²) in [5.41, 5.74) is 2.43. The van der Waals surface area contributed by atoms with Crippen LogP contribution in [0, 0.1) is 0 Å². The quantitative estimate of drug-likeness (QED) is 0.754. The van der Waals surface area contributed by atoms with Crippen molar-refractivity contribution in [1.82, 2.24) is 0 Å². The molecule has 2 rings (SSSR count). The lowest BCUT2D eigenvalue weighted by Crippen LogP contribution is -2.30. The average molecular weight is 289 g/mol. The molecule has 2 aromatic rings. The molecule has 1 nitrogen and oxygen atoms in total. The molecule has 0 radical (unpaired) electrons. The third-order valence-corrected chi connectivity index (χ3v) is 3.15. The van der Waals surface area contributed by atoms with Crippen LogP contribution < -0.4 is 4.57 Å². The summed E-state index contributed by atoms with van der Waals surface area (Å²) in [6, 6.07) is 12.5. The molecule has 0 spiro atoms. The molecule has 0 atom stereocenters. The topological polar surface area (TPSA) is 3.88 Å². The number of aryl methyl sites for hydroxylation is 1. The zero-order valence-corrected chi connectivity index (χ0v) is 11.4. The van der Waals surface area contributed by atoms with Gasteiger partial charge in [0.15, 0.2) is 12.4 Å². The van der Waals surface area contributed by atoms with Crippen molar-refractivity contribution in [1.29, 1.82) is 0 Å². The number of nitrogens with zero attached hydrogens (tertiary/aromatic N) is 1. The predicted molar refractivity (Wildman–Crippen MR) is 75.4 cm³/mol. The van der Waals surface area contributed by atoms with E-state index in [2.05, 4.69) is 88.4 Å². The van der Waals surface area contributed by atoms with E-state index in [9.17, 15) is 0 Å². The number of pyridine rings is 1. The normalized spacial score (nSPS) is 10.9.